The Bertz CT molecular complexity index is 993. The molecule has 190 valence electrons. The molecule has 0 unspecified atom stereocenters. The number of methoxy groups -OCH3 is 1. The van der Waals surface area contributed by atoms with Gasteiger partial charge >= 0.3 is 0 Å². The molecule has 4 rings (SSSR count). The maximum absolute atomic E-state index is 13.4. The summed E-state index contributed by atoms with van der Waals surface area (Å²) in [5, 5.41) is 12.5. The largest absolute Gasteiger partial charge is 0.385 e. The molecule has 5 heteroatoms. The summed E-state index contributed by atoms with van der Waals surface area (Å²) >= 11 is 0. The van der Waals surface area contributed by atoms with Crippen LogP contribution in [0.3, 0.4) is 0 Å². The minimum Gasteiger partial charge on any atom is -0.385 e. The Kier molecular flexibility index (Phi) is 8.64. The van der Waals surface area contributed by atoms with Crippen molar-refractivity contribution < 1.29 is 14.6 Å². The Hall–Kier alpha value is -2.21. The van der Waals surface area contributed by atoms with E-state index >= 15 is 0 Å². The van der Waals surface area contributed by atoms with E-state index in [1.54, 1.807) is 7.11 Å². The predicted molar refractivity (Wildman–Crippen MR) is 141 cm³/mol. The topological polar surface area (TPSA) is 75.8 Å². The van der Waals surface area contributed by atoms with E-state index in [4.69, 9.17) is 10.5 Å². The van der Waals surface area contributed by atoms with E-state index in [0.717, 1.165) is 68.2 Å². The first kappa shape index (κ1) is 25.9. The van der Waals surface area contributed by atoms with Crippen LogP contribution in [0.5, 0.6) is 0 Å². The molecular formula is C30H42N2O3. The van der Waals surface area contributed by atoms with Crippen LogP contribution in [0.2, 0.25) is 0 Å². The van der Waals surface area contributed by atoms with Crippen molar-refractivity contribution in [1.29, 1.82) is 0 Å². The van der Waals surface area contributed by atoms with E-state index in [1.807, 2.05) is 11.0 Å². The van der Waals surface area contributed by atoms with Crippen LogP contribution in [-0.4, -0.2) is 48.8 Å². The Morgan fingerprint density at radius 3 is 2.54 bits per heavy atom. The van der Waals surface area contributed by atoms with Crippen LogP contribution in [0.25, 0.3) is 11.1 Å². The number of nitrogens with zero attached hydrogens (tertiary/aromatic N) is 1. The smallest absolute Gasteiger partial charge is 0.225 e. The highest BCUT2D eigenvalue weighted by Gasteiger charge is 2.43. The molecule has 1 aliphatic heterocycles. The fraction of sp³-hybridized carbons (Fsp3) is 0.567. The first-order valence-electron chi connectivity index (χ1n) is 13.3. The fourth-order valence-corrected chi connectivity index (χ4v) is 6.24. The van der Waals surface area contributed by atoms with Gasteiger partial charge in [-0.15, -0.1) is 0 Å². The van der Waals surface area contributed by atoms with Crippen molar-refractivity contribution in [3.63, 3.8) is 0 Å². The van der Waals surface area contributed by atoms with Gasteiger partial charge in [0.05, 0.1) is 5.60 Å². The zero-order chi connectivity index (χ0) is 24.8. The van der Waals surface area contributed by atoms with Gasteiger partial charge in [-0.3, -0.25) is 4.79 Å². The molecule has 1 aliphatic carbocycles. The average molecular weight is 479 g/mol. The molecule has 4 atom stereocenters. The number of rotatable bonds is 9. The average Bonchev–Trinajstić information content (AvgIpc) is 3.32. The number of amides is 1. The molecule has 2 aliphatic rings. The summed E-state index contributed by atoms with van der Waals surface area (Å²) in [4.78, 5) is 15.4. The number of hydrogen-bond donors (Lipinski definition) is 2. The Morgan fingerprint density at radius 1 is 1.09 bits per heavy atom. The zero-order valence-corrected chi connectivity index (χ0v) is 21.4. The molecule has 2 aromatic carbocycles. The Balaban J connectivity index is 1.65. The van der Waals surface area contributed by atoms with Crippen molar-refractivity contribution in [2.24, 2.45) is 17.6 Å². The number of ether oxygens (including phenoxy) is 1. The third-order valence-corrected chi connectivity index (χ3v) is 8.22. The lowest BCUT2D eigenvalue weighted by Gasteiger charge is -2.44. The van der Waals surface area contributed by atoms with Crippen LogP contribution in [0, 0.1) is 18.8 Å². The SMILES string of the molecule is COCCCC[C@@](O)(c1ccccc1-c1ccccc1C)[C@@H]1CCCN(C(=O)[C@@H]2CC[C@H](N)C2)C1. The number of unbranched alkanes of at least 4 members (excludes halogenated alkanes) is 1. The number of carbonyl (C=O) groups excluding carboxylic acids is 1. The molecular weight excluding hydrogens is 436 g/mol. The van der Waals surface area contributed by atoms with Crippen LogP contribution >= 0.6 is 0 Å². The van der Waals surface area contributed by atoms with Crippen LogP contribution in [0.4, 0.5) is 0 Å². The highest BCUT2D eigenvalue weighted by atomic mass is 16.5. The van der Waals surface area contributed by atoms with Crippen molar-refractivity contribution >= 4 is 5.91 Å². The maximum atomic E-state index is 13.4. The number of likely N-dealkylation sites (tertiary alicyclic amines) is 1. The predicted octanol–water partition coefficient (Wildman–Crippen LogP) is 5.03. The van der Waals surface area contributed by atoms with E-state index < -0.39 is 5.60 Å². The van der Waals surface area contributed by atoms with Gasteiger partial charge in [0.15, 0.2) is 0 Å². The number of piperidine rings is 1. The van der Waals surface area contributed by atoms with Gasteiger partial charge < -0.3 is 20.5 Å². The van der Waals surface area contributed by atoms with Gasteiger partial charge in [-0.1, -0.05) is 48.5 Å². The number of aryl methyl sites for hydroxylation is 1. The highest BCUT2D eigenvalue weighted by Crippen LogP contribution is 2.44. The number of benzene rings is 2. The van der Waals surface area contributed by atoms with Gasteiger partial charge in [-0.2, -0.15) is 0 Å². The summed E-state index contributed by atoms with van der Waals surface area (Å²) in [6.45, 7) is 4.19. The zero-order valence-electron chi connectivity index (χ0n) is 21.4. The van der Waals surface area contributed by atoms with Crippen LogP contribution in [0.1, 0.15) is 62.5 Å². The summed E-state index contributed by atoms with van der Waals surface area (Å²) in [5.74, 6) is 0.261. The van der Waals surface area contributed by atoms with Gasteiger partial charge in [0.25, 0.3) is 0 Å². The second-order valence-corrected chi connectivity index (χ2v) is 10.6. The molecule has 1 amide bonds. The summed E-state index contributed by atoms with van der Waals surface area (Å²) in [6.07, 6.45) is 6.87. The van der Waals surface area contributed by atoms with Crippen LogP contribution < -0.4 is 5.73 Å². The van der Waals surface area contributed by atoms with Gasteiger partial charge in [0, 0.05) is 44.7 Å². The van der Waals surface area contributed by atoms with E-state index in [1.165, 1.54) is 5.56 Å². The van der Waals surface area contributed by atoms with Crippen LogP contribution in [0.15, 0.2) is 48.5 Å². The van der Waals surface area contributed by atoms with Crippen molar-refractivity contribution in [2.75, 3.05) is 26.8 Å². The van der Waals surface area contributed by atoms with E-state index in [2.05, 4.69) is 49.4 Å². The molecule has 3 N–H and O–H groups in total. The van der Waals surface area contributed by atoms with E-state index in [0.29, 0.717) is 19.6 Å². The van der Waals surface area contributed by atoms with Gasteiger partial charge in [0.1, 0.15) is 0 Å². The standard InChI is InChI=1S/C30H42N2O3/c1-22-10-3-4-12-26(22)27-13-5-6-14-28(27)30(34,17-7-8-19-35-2)24-11-9-18-32(21-24)29(33)23-15-16-25(31)20-23/h3-6,10,12-14,23-25,34H,7-9,11,15-21,31H2,1-2H3/t23-,24-,25+,30+/m1/s1. The molecule has 35 heavy (non-hydrogen) atoms. The number of hydrogen-bond acceptors (Lipinski definition) is 4. The van der Waals surface area contributed by atoms with Crippen molar-refractivity contribution in [2.45, 2.75) is 69.9 Å². The molecule has 5 nitrogen and oxygen atoms in total. The molecule has 1 saturated carbocycles. The minimum atomic E-state index is -1.02. The van der Waals surface area contributed by atoms with Crippen molar-refractivity contribution in [3.8, 4) is 11.1 Å². The number of aliphatic hydroxyl groups is 1. The summed E-state index contributed by atoms with van der Waals surface area (Å²) in [7, 11) is 1.72. The second-order valence-electron chi connectivity index (χ2n) is 10.6. The normalized spacial score (nSPS) is 24.3. The Labute approximate surface area is 210 Å². The first-order chi connectivity index (χ1) is 16.9. The molecule has 2 aromatic rings. The third kappa shape index (κ3) is 5.79. The van der Waals surface area contributed by atoms with E-state index in [-0.39, 0.29) is 23.8 Å². The fourth-order valence-electron chi connectivity index (χ4n) is 6.24. The summed E-state index contributed by atoms with van der Waals surface area (Å²) in [6, 6.07) is 16.8. The van der Waals surface area contributed by atoms with Gasteiger partial charge in [-0.05, 0) is 80.5 Å². The van der Waals surface area contributed by atoms with Gasteiger partial charge in [-0.25, -0.2) is 0 Å². The maximum Gasteiger partial charge on any atom is 0.225 e. The molecule has 0 spiro atoms. The third-order valence-electron chi connectivity index (χ3n) is 8.22. The number of nitrogens with two attached hydrogens (primary N) is 1. The molecule has 1 saturated heterocycles. The minimum absolute atomic E-state index is 0.0111. The lowest BCUT2D eigenvalue weighted by Crippen LogP contribution is -2.49. The first-order valence-corrected chi connectivity index (χ1v) is 13.3. The monoisotopic (exact) mass is 478 g/mol. The molecule has 0 radical (unpaired) electrons. The van der Waals surface area contributed by atoms with Crippen molar-refractivity contribution in [1.82, 2.24) is 4.90 Å². The van der Waals surface area contributed by atoms with Crippen molar-refractivity contribution in [3.05, 3.63) is 59.7 Å². The van der Waals surface area contributed by atoms with Crippen LogP contribution in [-0.2, 0) is 15.1 Å². The number of carbonyl (C=O) groups is 1. The van der Waals surface area contributed by atoms with Gasteiger partial charge in [0.2, 0.25) is 5.91 Å². The summed E-state index contributed by atoms with van der Waals surface area (Å²) < 4.78 is 5.29. The molecule has 0 aromatic heterocycles. The molecule has 2 fully saturated rings. The second kappa shape index (κ2) is 11.7. The molecule has 1 heterocycles. The summed E-state index contributed by atoms with van der Waals surface area (Å²) in [5.41, 5.74) is 9.51. The highest BCUT2D eigenvalue weighted by molar-refractivity contribution is 5.79. The lowest BCUT2D eigenvalue weighted by atomic mass is 9.71. The quantitative estimate of drug-likeness (QED) is 0.496. The Morgan fingerprint density at radius 2 is 1.83 bits per heavy atom. The molecule has 0 bridgehead atoms. The lowest BCUT2D eigenvalue weighted by molar-refractivity contribution is -0.140. The van der Waals surface area contributed by atoms with E-state index in [9.17, 15) is 9.90 Å².